The predicted octanol–water partition coefficient (Wildman–Crippen LogP) is 0.489. The minimum Gasteiger partial charge on any atom is -0.390 e. The SMILES string of the molecule is CCCn1nnc(CO)c1C. The molecule has 4 nitrogen and oxygen atoms in total. The summed E-state index contributed by atoms with van der Waals surface area (Å²) >= 11 is 0. The van der Waals surface area contributed by atoms with E-state index >= 15 is 0 Å². The smallest absolute Gasteiger partial charge is 0.111 e. The zero-order valence-corrected chi connectivity index (χ0v) is 6.91. The lowest BCUT2D eigenvalue weighted by molar-refractivity contribution is 0.276. The second-order valence-corrected chi connectivity index (χ2v) is 2.50. The fraction of sp³-hybridized carbons (Fsp3) is 0.714. The van der Waals surface area contributed by atoms with Crippen molar-refractivity contribution in [3.8, 4) is 0 Å². The van der Waals surface area contributed by atoms with Crippen molar-refractivity contribution >= 4 is 0 Å². The van der Waals surface area contributed by atoms with E-state index in [4.69, 9.17) is 5.11 Å². The van der Waals surface area contributed by atoms with Crippen LogP contribution in [0, 0.1) is 6.92 Å². The Morgan fingerprint density at radius 2 is 2.27 bits per heavy atom. The molecule has 0 fully saturated rings. The van der Waals surface area contributed by atoms with E-state index in [1.54, 1.807) is 0 Å². The zero-order valence-electron chi connectivity index (χ0n) is 6.91. The maximum absolute atomic E-state index is 8.78. The second-order valence-electron chi connectivity index (χ2n) is 2.50. The number of rotatable bonds is 3. The molecule has 1 heterocycles. The van der Waals surface area contributed by atoms with Crippen LogP contribution in [0.3, 0.4) is 0 Å². The molecule has 11 heavy (non-hydrogen) atoms. The third-order valence-corrected chi connectivity index (χ3v) is 1.66. The van der Waals surface area contributed by atoms with E-state index in [1.807, 2.05) is 11.6 Å². The van der Waals surface area contributed by atoms with Crippen LogP contribution in [0.25, 0.3) is 0 Å². The quantitative estimate of drug-likeness (QED) is 0.691. The summed E-state index contributed by atoms with van der Waals surface area (Å²) in [5, 5.41) is 16.5. The highest BCUT2D eigenvalue weighted by Crippen LogP contribution is 2.03. The van der Waals surface area contributed by atoms with Crippen LogP contribution in [-0.2, 0) is 13.2 Å². The standard InChI is InChI=1S/C7H13N3O/c1-3-4-10-6(2)7(5-11)8-9-10/h11H,3-5H2,1-2H3. The van der Waals surface area contributed by atoms with Crippen LogP contribution in [0.4, 0.5) is 0 Å². The van der Waals surface area contributed by atoms with Gasteiger partial charge in [-0.25, -0.2) is 4.68 Å². The average molecular weight is 155 g/mol. The molecule has 0 aliphatic heterocycles. The maximum Gasteiger partial charge on any atom is 0.111 e. The fourth-order valence-corrected chi connectivity index (χ4v) is 0.967. The molecule has 0 spiro atoms. The van der Waals surface area contributed by atoms with Crippen molar-refractivity contribution < 1.29 is 5.11 Å². The van der Waals surface area contributed by atoms with Crippen molar-refractivity contribution in [3.05, 3.63) is 11.4 Å². The topological polar surface area (TPSA) is 50.9 Å². The van der Waals surface area contributed by atoms with Crippen LogP contribution in [0.2, 0.25) is 0 Å². The number of aliphatic hydroxyl groups excluding tert-OH is 1. The first-order chi connectivity index (χ1) is 5.29. The number of aliphatic hydroxyl groups is 1. The third kappa shape index (κ3) is 1.57. The molecular weight excluding hydrogens is 142 g/mol. The molecule has 0 amide bonds. The summed E-state index contributed by atoms with van der Waals surface area (Å²) in [5.74, 6) is 0. The largest absolute Gasteiger partial charge is 0.390 e. The lowest BCUT2D eigenvalue weighted by Crippen LogP contribution is -2.01. The van der Waals surface area contributed by atoms with Gasteiger partial charge in [0.15, 0.2) is 0 Å². The highest BCUT2D eigenvalue weighted by atomic mass is 16.3. The van der Waals surface area contributed by atoms with Gasteiger partial charge in [0.1, 0.15) is 5.69 Å². The molecule has 0 aliphatic carbocycles. The van der Waals surface area contributed by atoms with E-state index in [0.717, 1.165) is 18.7 Å². The molecule has 1 aromatic heterocycles. The summed E-state index contributed by atoms with van der Waals surface area (Å²) in [4.78, 5) is 0. The normalized spacial score (nSPS) is 10.5. The van der Waals surface area contributed by atoms with Crippen LogP contribution in [-0.4, -0.2) is 20.1 Å². The number of nitrogens with zero attached hydrogens (tertiary/aromatic N) is 3. The van der Waals surface area contributed by atoms with Gasteiger partial charge in [0.2, 0.25) is 0 Å². The van der Waals surface area contributed by atoms with Crippen molar-refractivity contribution in [1.82, 2.24) is 15.0 Å². The Morgan fingerprint density at radius 1 is 1.55 bits per heavy atom. The van der Waals surface area contributed by atoms with Gasteiger partial charge in [-0.15, -0.1) is 5.10 Å². The van der Waals surface area contributed by atoms with E-state index in [0.29, 0.717) is 5.69 Å². The molecule has 0 bridgehead atoms. The van der Waals surface area contributed by atoms with E-state index in [2.05, 4.69) is 17.2 Å². The number of hydrogen-bond donors (Lipinski definition) is 1. The Labute approximate surface area is 65.8 Å². The van der Waals surface area contributed by atoms with Gasteiger partial charge in [-0.2, -0.15) is 0 Å². The molecule has 0 radical (unpaired) electrons. The van der Waals surface area contributed by atoms with Gasteiger partial charge in [0, 0.05) is 6.54 Å². The minimum atomic E-state index is -0.0183. The second kappa shape index (κ2) is 3.48. The monoisotopic (exact) mass is 155 g/mol. The summed E-state index contributed by atoms with van der Waals surface area (Å²) < 4.78 is 1.81. The van der Waals surface area contributed by atoms with Crippen molar-refractivity contribution in [2.24, 2.45) is 0 Å². The average Bonchev–Trinajstić information content (AvgIpc) is 2.34. The van der Waals surface area contributed by atoms with Gasteiger partial charge >= 0.3 is 0 Å². The van der Waals surface area contributed by atoms with Crippen LogP contribution in [0.5, 0.6) is 0 Å². The van der Waals surface area contributed by atoms with Crippen molar-refractivity contribution in [3.63, 3.8) is 0 Å². The Hall–Kier alpha value is -0.900. The van der Waals surface area contributed by atoms with Gasteiger partial charge in [0.05, 0.1) is 12.3 Å². The van der Waals surface area contributed by atoms with Crippen molar-refractivity contribution in [1.29, 1.82) is 0 Å². The molecule has 0 saturated heterocycles. The predicted molar refractivity (Wildman–Crippen MR) is 41.0 cm³/mol. The van der Waals surface area contributed by atoms with Crippen LogP contribution < -0.4 is 0 Å². The van der Waals surface area contributed by atoms with Gasteiger partial charge in [-0.3, -0.25) is 0 Å². The molecule has 1 rings (SSSR count). The third-order valence-electron chi connectivity index (χ3n) is 1.66. The first-order valence-electron chi connectivity index (χ1n) is 3.79. The summed E-state index contributed by atoms with van der Waals surface area (Å²) in [5.41, 5.74) is 1.65. The van der Waals surface area contributed by atoms with Gasteiger partial charge in [0.25, 0.3) is 0 Å². The highest BCUT2D eigenvalue weighted by molar-refractivity contribution is 5.05. The summed E-state index contributed by atoms with van der Waals surface area (Å²) in [6.45, 7) is 4.86. The van der Waals surface area contributed by atoms with Gasteiger partial charge < -0.3 is 5.11 Å². The van der Waals surface area contributed by atoms with E-state index in [-0.39, 0.29) is 6.61 Å². The summed E-state index contributed by atoms with van der Waals surface area (Å²) in [7, 11) is 0. The molecule has 0 atom stereocenters. The number of aromatic nitrogens is 3. The molecule has 62 valence electrons. The van der Waals surface area contributed by atoms with Crippen LogP contribution >= 0.6 is 0 Å². The van der Waals surface area contributed by atoms with E-state index < -0.39 is 0 Å². The Morgan fingerprint density at radius 3 is 2.73 bits per heavy atom. The Balaban J connectivity index is 2.82. The molecular formula is C7H13N3O. The van der Waals surface area contributed by atoms with Crippen molar-refractivity contribution in [2.75, 3.05) is 0 Å². The molecule has 0 aliphatic rings. The lowest BCUT2D eigenvalue weighted by Gasteiger charge is -1.98. The number of hydrogen-bond acceptors (Lipinski definition) is 3. The fourth-order valence-electron chi connectivity index (χ4n) is 0.967. The van der Waals surface area contributed by atoms with Crippen molar-refractivity contribution in [2.45, 2.75) is 33.4 Å². The zero-order chi connectivity index (χ0) is 8.27. The summed E-state index contributed by atoms with van der Waals surface area (Å²) in [6.07, 6.45) is 1.04. The lowest BCUT2D eigenvalue weighted by atomic mass is 10.3. The molecule has 0 aromatic carbocycles. The van der Waals surface area contributed by atoms with Crippen LogP contribution in [0.15, 0.2) is 0 Å². The van der Waals surface area contributed by atoms with E-state index in [9.17, 15) is 0 Å². The first-order valence-corrected chi connectivity index (χ1v) is 3.79. The molecule has 1 N–H and O–H groups in total. The van der Waals surface area contributed by atoms with Crippen LogP contribution in [0.1, 0.15) is 24.7 Å². The molecule has 0 saturated carbocycles. The highest BCUT2D eigenvalue weighted by Gasteiger charge is 2.04. The minimum absolute atomic E-state index is 0.0183. The summed E-state index contributed by atoms with van der Waals surface area (Å²) in [6, 6.07) is 0. The molecule has 0 unspecified atom stereocenters. The molecule has 1 aromatic rings. The van der Waals surface area contributed by atoms with Gasteiger partial charge in [-0.05, 0) is 13.3 Å². The first kappa shape index (κ1) is 8.20. The Kier molecular flexibility index (Phi) is 2.59. The Bertz CT molecular complexity index is 232. The maximum atomic E-state index is 8.78. The van der Waals surface area contributed by atoms with E-state index in [1.165, 1.54) is 0 Å². The molecule has 4 heteroatoms. The van der Waals surface area contributed by atoms with Gasteiger partial charge in [-0.1, -0.05) is 12.1 Å². The number of aryl methyl sites for hydroxylation is 1.